The lowest BCUT2D eigenvalue weighted by atomic mass is 10.1. The third-order valence-electron chi connectivity index (χ3n) is 2.95. The van der Waals surface area contributed by atoms with Crippen molar-refractivity contribution in [3.63, 3.8) is 0 Å². The minimum atomic E-state index is -4.48. The maximum atomic E-state index is 12.2. The number of nitrogens with zero attached hydrogens (tertiary/aromatic N) is 2. The van der Waals surface area contributed by atoms with Gasteiger partial charge in [-0.2, -0.15) is 36.5 Å². The highest BCUT2D eigenvalue weighted by Gasteiger charge is 2.27. The first kappa shape index (κ1) is 25.8. The molecule has 1 aromatic rings. The molecule has 0 heterocycles. The third kappa shape index (κ3) is 11.1. The average molecular weight is 493 g/mol. The zero-order valence-electron chi connectivity index (χ0n) is 15.1. The highest BCUT2D eigenvalue weighted by atomic mass is 35.5. The van der Waals surface area contributed by atoms with Crippen LogP contribution in [0.25, 0.3) is 0 Å². The molecule has 0 atom stereocenters. The fourth-order valence-corrected chi connectivity index (χ4v) is 2.06. The molecule has 0 aliphatic heterocycles. The molecule has 166 valence electrons. The molecule has 0 amide bonds. The molecule has 0 radical (unpaired) electrons. The quantitative estimate of drug-likeness (QED) is 0.211. The summed E-state index contributed by atoms with van der Waals surface area (Å²) in [7, 11) is 0. The number of hydrazone groups is 2. The Labute approximate surface area is 183 Å². The zero-order valence-corrected chi connectivity index (χ0v) is 17.5. The molecule has 6 nitrogen and oxygen atoms in total. The Morgan fingerprint density at radius 1 is 0.867 bits per heavy atom. The van der Waals surface area contributed by atoms with Crippen molar-refractivity contribution in [3.05, 3.63) is 34.9 Å². The predicted molar refractivity (Wildman–Crippen MR) is 111 cm³/mol. The molecule has 0 bridgehead atoms. The number of thiocarbonyl (C=S) groups is 2. The van der Waals surface area contributed by atoms with Gasteiger partial charge in [-0.05, 0) is 43.5 Å². The van der Waals surface area contributed by atoms with Crippen LogP contribution >= 0.6 is 36.0 Å². The van der Waals surface area contributed by atoms with Gasteiger partial charge in [0.2, 0.25) is 0 Å². The molecule has 4 N–H and O–H groups in total. The second-order valence-corrected chi connectivity index (χ2v) is 6.74. The van der Waals surface area contributed by atoms with Gasteiger partial charge in [0.1, 0.15) is 18.8 Å². The van der Waals surface area contributed by atoms with E-state index < -0.39 is 35.7 Å². The minimum absolute atomic E-state index is 0.119. The van der Waals surface area contributed by atoms with E-state index in [1.165, 1.54) is 19.1 Å². The molecule has 0 saturated heterocycles. The van der Waals surface area contributed by atoms with Gasteiger partial charge >= 0.3 is 12.4 Å². The topological polar surface area (TPSA) is 72.8 Å². The Hall–Kier alpha value is -2.19. The monoisotopic (exact) mass is 492 g/mol. The third-order valence-corrected chi connectivity index (χ3v) is 3.68. The standard InChI is InChI=1S/C15H15ClF6N6S2/c1-8(25-27-12(29)23-6-14(17,18)19)11(9-2-4-10(16)5-3-9)26-28-13(30)24-7-15(20,21)22/h2-5H,6-7H2,1H3,(H2,23,27,29)(H2,24,28,30)/b25-8+,26-11-. The molecule has 0 aliphatic carbocycles. The van der Waals surface area contributed by atoms with Crippen LogP contribution in [0.5, 0.6) is 0 Å². The average Bonchev–Trinajstić information content (AvgIpc) is 2.63. The van der Waals surface area contributed by atoms with Crippen LogP contribution in [0.4, 0.5) is 26.3 Å². The minimum Gasteiger partial charge on any atom is -0.352 e. The number of rotatable bonds is 6. The van der Waals surface area contributed by atoms with Crippen LogP contribution in [0, 0.1) is 0 Å². The highest BCUT2D eigenvalue weighted by molar-refractivity contribution is 7.80. The van der Waals surface area contributed by atoms with Gasteiger partial charge < -0.3 is 10.6 Å². The van der Waals surface area contributed by atoms with Gasteiger partial charge in [-0.1, -0.05) is 23.7 Å². The fourth-order valence-electron chi connectivity index (χ4n) is 1.70. The molecule has 0 fully saturated rings. The van der Waals surface area contributed by atoms with Gasteiger partial charge in [0.05, 0.1) is 5.71 Å². The first-order chi connectivity index (χ1) is 13.8. The van der Waals surface area contributed by atoms with E-state index in [0.29, 0.717) is 10.6 Å². The second kappa shape index (κ2) is 11.3. The summed E-state index contributed by atoms with van der Waals surface area (Å²) in [6.45, 7) is -1.27. The van der Waals surface area contributed by atoms with Crippen LogP contribution in [-0.2, 0) is 0 Å². The van der Waals surface area contributed by atoms with E-state index in [9.17, 15) is 26.3 Å². The van der Waals surface area contributed by atoms with Gasteiger partial charge in [-0.3, -0.25) is 10.9 Å². The molecule has 1 aromatic carbocycles. The van der Waals surface area contributed by atoms with Gasteiger partial charge in [0.15, 0.2) is 10.2 Å². The zero-order chi connectivity index (χ0) is 22.9. The number of hydrogen-bond acceptors (Lipinski definition) is 4. The van der Waals surface area contributed by atoms with Crippen molar-refractivity contribution in [1.29, 1.82) is 0 Å². The van der Waals surface area contributed by atoms with Gasteiger partial charge in [0, 0.05) is 10.6 Å². The van der Waals surface area contributed by atoms with E-state index in [1.54, 1.807) is 12.1 Å². The number of benzene rings is 1. The summed E-state index contributed by atoms with van der Waals surface area (Å²) in [6, 6.07) is 6.16. The Kier molecular flexibility index (Phi) is 9.71. The van der Waals surface area contributed by atoms with Gasteiger partial charge in [-0.25, -0.2) is 0 Å². The maximum Gasteiger partial charge on any atom is 0.405 e. The molecule has 30 heavy (non-hydrogen) atoms. The summed E-state index contributed by atoms with van der Waals surface area (Å²) >= 11 is 15.3. The fraction of sp³-hybridized carbons (Fsp3) is 0.333. The molecule has 15 heteroatoms. The second-order valence-electron chi connectivity index (χ2n) is 5.48. The number of nitrogens with one attached hydrogen (secondary N) is 4. The van der Waals surface area contributed by atoms with Gasteiger partial charge in [-0.15, -0.1) is 0 Å². The van der Waals surface area contributed by atoms with E-state index in [-0.39, 0.29) is 11.4 Å². The van der Waals surface area contributed by atoms with Crippen molar-refractivity contribution in [1.82, 2.24) is 21.5 Å². The summed E-state index contributed by atoms with van der Waals surface area (Å²) in [4.78, 5) is 0. The van der Waals surface area contributed by atoms with E-state index in [1.807, 2.05) is 10.6 Å². The molecular formula is C15H15ClF6N6S2. The Bertz CT molecular complexity index is 807. The van der Waals surface area contributed by atoms with Crippen molar-refractivity contribution in [3.8, 4) is 0 Å². The van der Waals surface area contributed by atoms with E-state index in [0.717, 1.165) is 0 Å². The molecule has 0 unspecified atom stereocenters. The first-order valence-corrected chi connectivity index (χ1v) is 9.06. The lowest BCUT2D eigenvalue weighted by molar-refractivity contribution is -0.122. The van der Waals surface area contributed by atoms with E-state index >= 15 is 0 Å². The summed E-state index contributed by atoms with van der Waals surface area (Å²) < 4.78 is 73.3. The van der Waals surface area contributed by atoms with Crippen molar-refractivity contribution >= 4 is 57.7 Å². The summed E-state index contributed by atoms with van der Waals surface area (Å²) in [5, 5.41) is 11.2. The van der Waals surface area contributed by atoms with Crippen molar-refractivity contribution in [2.45, 2.75) is 19.3 Å². The molecular weight excluding hydrogens is 478 g/mol. The Morgan fingerprint density at radius 3 is 1.73 bits per heavy atom. The summed E-state index contributed by atoms with van der Waals surface area (Å²) in [5.41, 5.74) is 5.18. The normalized spacial score (nSPS) is 12.9. The molecule has 0 aliphatic rings. The van der Waals surface area contributed by atoms with Gasteiger partial charge in [0.25, 0.3) is 0 Å². The van der Waals surface area contributed by atoms with Crippen LogP contribution < -0.4 is 21.5 Å². The van der Waals surface area contributed by atoms with Crippen molar-refractivity contribution in [2.75, 3.05) is 13.1 Å². The molecule has 0 spiro atoms. The summed E-state index contributed by atoms with van der Waals surface area (Å²) in [6.07, 6.45) is -8.95. The van der Waals surface area contributed by atoms with Crippen LogP contribution in [0.1, 0.15) is 12.5 Å². The number of hydrogen-bond donors (Lipinski definition) is 4. The van der Waals surface area contributed by atoms with Crippen LogP contribution in [0.3, 0.4) is 0 Å². The van der Waals surface area contributed by atoms with Crippen molar-refractivity contribution in [2.24, 2.45) is 10.2 Å². The SMILES string of the molecule is CC(=N\NC(=S)NCC(F)(F)F)/C(=N/NC(=S)NCC(F)(F)F)c1ccc(Cl)cc1. The smallest absolute Gasteiger partial charge is 0.352 e. The van der Waals surface area contributed by atoms with Crippen LogP contribution in [0.2, 0.25) is 5.02 Å². The van der Waals surface area contributed by atoms with E-state index in [4.69, 9.17) is 36.0 Å². The predicted octanol–water partition coefficient (Wildman–Crippen LogP) is 3.47. The molecule has 0 aromatic heterocycles. The van der Waals surface area contributed by atoms with E-state index in [2.05, 4.69) is 21.1 Å². The Morgan fingerprint density at radius 2 is 1.30 bits per heavy atom. The van der Waals surface area contributed by atoms with Crippen LogP contribution in [0.15, 0.2) is 34.5 Å². The van der Waals surface area contributed by atoms with Crippen molar-refractivity contribution < 1.29 is 26.3 Å². The molecule has 0 saturated carbocycles. The summed E-state index contributed by atoms with van der Waals surface area (Å²) in [5.74, 6) is 0. The maximum absolute atomic E-state index is 12.2. The number of alkyl halides is 6. The Balaban J connectivity index is 2.93. The lowest BCUT2D eigenvalue weighted by Crippen LogP contribution is -2.40. The molecule has 1 rings (SSSR count). The lowest BCUT2D eigenvalue weighted by Gasteiger charge is -2.12. The first-order valence-electron chi connectivity index (χ1n) is 7.86. The highest BCUT2D eigenvalue weighted by Crippen LogP contribution is 2.13. The number of halogens is 7. The largest absolute Gasteiger partial charge is 0.405 e. The van der Waals surface area contributed by atoms with Crippen LogP contribution in [-0.4, -0.2) is 47.1 Å².